The number of benzene rings is 1. The maximum atomic E-state index is 12.3. The van der Waals surface area contributed by atoms with E-state index in [1.807, 2.05) is 0 Å². The lowest BCUT2D eigenvalue weighted by Crippen LogP contribution is -2.32. The van der Waals surface area contributed by atoms with Crippen LogP contribution in [0.1, 0.15) is 18.9 Å². The van der Waals surface area contributed by atoms with E-state index in [4.69, 9.17) is 10.5 Å². The standard InChI is InChI=1S/C14H19F2NO3S/c1-2-19-13(18)11(17)7-8-21-9-10-5-3-4-6-12(10)20-14(15)16/h3-6,11,14H,2,7-9,17H2,1H3. The molecule has 0 aliphatic rings. The van der Waals surface area contributed by atoms with Crippen LogP contribution in [0.4, 0.5) is 8.78 Å². The van der Waals surface area contributed by atoms with Crippen LogP contribution in [0.5, 0.6) is 5.75 Å². The maximum absolute atomic E-state index is 12.3. The first-order chi connectivity index (χ1) is 10.0. The van der Waals surface area contributed by atoms with Gasteiger partial charge >= 0.3 is 12.6 Å². The monoisotopic (exact) mass is 319 g/mol. The van der Waals surface area contributed by atoms with Crippen molar-refractivity contribution in [1.82, 2.24) is 0 Å². The molecule has 0 aromatic heterocycles. The van der Waals surface area contributed by atoms with Gasteiger partial charge in [-0.15, -0.1) is 0 Å². The molecule has 0 aliphatic heterocycles. The number of hydrogen-bond acceptors (Lipinski definition) is 5. The Kier molecular flexibility index (Phi) is 8.07. The van der Waals surface area contributed by atoms with E-state index >= 15 is 0 Å². The van der Waals surface area contributed by atoms with Gasteiger partial charge in [0, 0.05) is 11.3 Å². The number of halogens is 2. The molecule has 7 heteroatoms. The van der Waals surface area contributed by atoms with Gasteiger partial charge < -0.3 is 15.2 Å². The van der Waals surface area contributed by atoms with Gasteiger partial charge in [-0.05, 0) is 25.2 Å². The summed E-state index contributed by atoms with van der Waals surface area (Å²) in [6.07, 6.45) is 0.474. The predicted octanol–water partition coefficient (Wildman–Crippen LogP) is 2.80. The van der Waals surface area contributed by atoms with E-state index in [9.17, 15) is 13.6 Å². The van der Waals surface area contributed by atoms with Crippen LogP contribution in [0.15, 0.2) is 24.3 Å². The molecule has 0 aliphatic carbocycles. The number of esters is 1. The molecular formula is C14H19F2NO3S. The van der Waals surface area contributed by atoms with E-state index in [1.165, 1.54) is 17.8 Å². The molecule has 1 atom stereocenters. The van der Waals surface area contributed by atoms with Gasteiger partial charge in [-0.2, -0.15) is 20.5 Å². The molecule has 21 heavy (non-hydrogen) atoms. The first kappa shape index (κ1) is 17.7. The molecule has 1 aromatic rings. The molecular weight excluding hydrogens is 300 g/mol. The lowest BCUT2D eigenvalue weighted by molar-refractivity contribution is -0.144. The van der Waals surface area contributed by atoms with Crippen LogP contribution < -0.4 is 10.5 Å². The first-order valence-electron chi connectivity index (χ1n) is 6.57. The Morgan fingerprint density at radius 3 is 2.76 bits per heavy atom. The second-order valence-corrected chi connectivity index (χ2v) is 5.29. The van der Waals surface area contributed by atoms with Gasteiger partial charge in [0.05, 0.1) is 6.61 Å². The van der Waals surface area contributed by atoms with Gasteiger partial charge in [-0.1, -0.05) is 18.2 Å². The molecule has 0 heterocycles. The molecule has 118 valence electrons. The van der Waals surface area contributed by atoms with Crippen LogP contribution >= 0.6 is 11.8 Å². The Hall–Kier alpha value is -1.34. The molecule has 0 amide bonds. The van der Waals surface area contributed by atoms with Crippen molar-refractivity contribution in [3.8, 4) is 5.75 Å². The number of hydrogen-bond donors (Lipinski definition) is 1. The number of para-hydroxylation sites is 1. The van der Waals surface area contributed by atoms with E-state index in [1.54, 1.807) is 25.1 Å². The molecule has 1 aromatic carbocycles. The SMILES string of the molecule is CCOC(=O)C(N)CCSCc1ccccc1OC(F)F. The van der Waals surface area contributed by atoms with E-state index < -0.39 is 18.6 Å². The number of ether oxygens (including phenoxy) is 2. The normalized spacial score (nSPS) is 12.2. The van der Waals surface area contributed by atoms with Gasteiger partial charge in [-0.25, -0.2) is 0 Å². The van der Waals surface area contributed by atoms with Crippen molar-refractivity contribution in [2.24, 2.45) is 5.73 Å². The number of thioether (sulfide) groups is 1. The van der Waals surface area contributed by atoms with E-state index in [2.05, 4.69) is 4.74 Å². The van der Waals surface area contributed by atoms with Crippen molar-refractivity contribution < 1.29 is 23.0 Å². The Morgan fingerprint density at radius 2 is 2.10 bits per heavy atom. The third-order valence-electron chi connectivity index (χ3n) is 2.61. The van der Waals surface area contributed by atoms with Crippen molar-refractivity contribution in [2.75, 3.05) is 12.4 Å². The molecule has 0 saturated heterocycles. The number of carbonyl (C=O) groups excluding carboxylic acids is 1. The van der Waals surface area contributed by atoms with Crippen molar-refractivity contribution in [3.05, 3.63) is 29.8 Å². The lowest BCUT2D eigenvalue weighted by Gasteiger charge is -2.12. The topological polar surface area (TPSA) is 61.5 Å². The Morgan fingerprint density at radius 1 is 1.38 bits per heavy atom. The average Bonchev–Trinajstić information content (AvgIpc) is 2.44. The summed E-state index contributed by atoms with van der Waals surface area (Å²) in [5, 5.41) is 0. The van der Waals surface area contributed by atoms with Crippen LogP contribution in [0.3, 0.4) is 0 Å². The van der Waals surface area contributed by atoms with Crippen LogP contribution in [0, 0.1) is 0 Å². The third-order valence-corrected chi connectivity index (χ3v) is 3.65. The fourth-order valence-electron chi connectivity index (χ4n) is 1.59. The summed E-state index contributed by atoms with van der Waals surface area (Å²) >= 11 is 1.50. The molecule has 4 nitrogen and oxygen atoms in total. The van der Waals surface area contributed by atoms with Crippen molar-refractivity contribution in [2.45, 2.75) is 31.8 Å². The number of carbonyl (C=O) groups is 1. The summed E-state index contributed by atoms with van der Waals surface area (Å²) < 4.78 is 33.8. The van der Waals surface area contributed by atoms with Crippen LogP contribution in [0.25, 0.3) is 0 Å². The maximum Gasteiger partial charge on any atom is 0.387 e. The molecule has 0 saturated carbocycles. The fourth-order valence-corrected chi connectivity index (χ4v) is 2.62. The zero-order chi connectivity index (χ0) is 15.7. The smallest absolute Gasteiger partial charge is 0.387 e. The van der Waals surface area contributed by atoms with Crippen LogP contribution in [0.2, 0.25) is 0 Å². The molecule has 1 unspecified atom stereocenters. The van der Waals surface area contributed by atoms with Gasteiger partial charge in [-0.3, -0.25) is 4.79 Å². The summed E-state index contributed by atoms with van der Waals surface area (Å²) in [6, 6.07) is 5.99. The summed E-state index contributed by atoms with van der Waals surface area (Å²) in [5.74, 6) is 0.899. The first-order valence-corrected chi connectivity index (χ1v) is 7.72. The van der Waals surface area contributed by atoms with Crippen LogP contribution in [-0.2, 0) is 15.3 Å². The minimum Gasteiger partial charge on any atom is -0.465 e. The highest BCUT2D eigenvalue weighted by molar-refractivity contribution is 7.98. The quantitative estimate of drug-likeness (QED) is 0.560. The van der Waals surface area contributed by atoms with Crippen molar-refractivity contribution in [1.29, 1.82) is 0 Å². The highest BCUT2D eigenvalue weighted by Gasteiger charge is 2.14. The molecule has 1 rings (SSSR count). The van der Waals surface area contributed by atoms with Gasteiger partial charge in [0.15, 0.2) is 0 Å². The largest absolute Gasteiger partial charge is 0.465 e. The van der Waals surface area contributed by atoms with Gasteiger partial charge in [0.2, 0.25) is 0 Å². The summed E-state index contributed by atoms with van der Waals surface area (Å²) in [5.41, 5.74) is 6.35. The highest BCUT2D eigenvalue weighted by Crippen LogP contribution is 2.25. The molecule has 0 radical (unpaired) electrons. The Bertz CT molecular complexity index is 446. The fraction of sp³-hybridized carbons (Fsp3) is 0.500. The summed E-state index contributed by atoms with van der Waals surface area (Å²) in [4.78, 5) is 11.3. The van der Waals surface area contributed by atoms with Crippen molar-refractivity contribution >= 4 is 17.7 Å². The number of alkyl halides is 2. The summed E-state index contributed by atoms with van der Waals surface area (Å²) in [7, 11) is 0. The Labute approximate surface area is 127 Å². The van der Waals surface area contributed by atoms with Crippen LogP contribution in [-0.4, -0.2) is 31.0 Å². The number of rotatable bonds is 9. The zero-order valence-electron chi connectivity index (χ0n) is 11.8. The average molecular weight is 319 g/mol. The molecule has 0 fully saturated rings. The lowest BCUT2D eigenvalue weighted by atomic mass is 10.2. The second-order valence-electron chi connectivity index (χ2n) is 4.19. The molecule has 2 N–H and O–H groups in total. The molecule has 0 spiro atoms. The van der Waals surface area contributed by atoms with E-state index in [0.717, 1.165) is 0 Å². The minimum absolute atomic E-state index is 0.176. The second kappa shape index (κ2) is 9.57. The number of nitrogens with two attached hydrogens (primary N) is 1. The van der Waals surface area contributed by atoms with Crippen molar-refractivity contribution in [3.63, 3.8) is 0 Å². The highest BCUT2D eigenvalue weighted by atomic mass is 32.2. The summed E-state index contributed by atoms with van der Waals surface area (Å²) in [6.45, 7) is -0.814. The van der Waals surface area contributed by atoms with E-state index in [-0.39, 0.29) is 5.75 Å². The van der Waals surface area contributed by atoms with Gasteiger partial charge in [0.25, 0.3) is 0 Å². The molecule has 0 bridgehead atoms. The zero-order valence-corrected chi connectivity index (χ0v) is 12.6. The van der Waals surface area contributed by atoms with Gasteiger partial charge in [0.1, 0.15) is 11.8 Å². The predicted molar refractivity (Wildman–Crippen MR) is 78.5 cm³/mol. The van der Waals surface area contributed by atoms with E-state index in [0.29, 0.717) is 30.1 Å². The third kappa shape index (κ3) is 6.77. The minimum atomic E-state index is -2.84. The Balaban J connectivity index is 2.37.